The molecule has 2 nitrogen and oxygen atoms in total. The number of rotatable bonds is 6. The third-order valence-electron chi connectivity index (χ3n) is 2.71. The molecule has 88 valence electrons. The molecule has 1 aliphatic carbocycles. The summed E-state index contributed by atoms with van der Waals surface area (Å²) in [5.41, 5.74) is 1.29. The van der Waals surface area contributed by atoms with Crippen LogP contribution in [0, 0.1) is 6.92 Å². The van der Waals surface area contributed by atoms with E-state index < -0.39 is 0 Å². The van der Waals surface area contributed by atoms with E-state index in [2.05, 4.69) is 36.5 Å². The summed E-state index contributed by atoms with van der Waals surface area (Å²) in [4.78, 5) is 1.29. The predicted octanol–water partition coefficient (Wildman–Crippen LogP) is 2.20. The van der Waals surface area contributed by atoms with Crippen LogP contribution in [0.4, 0.5) is 0 Å². The number of nitrogens with one attached hydrogen (secondary N) is 1. The molecule has 1 unspecified atom stereocenters. The van der Waals surface area contributed by atoms with Crippen molar-refractivity contribution >= 4 is 11.8 Å². The Morgan fingerprint density at radius 2 is 2.31 bits per heavy atom. The lowest BCUT2D eigenvalue weighted by molar-refractivity contribution is 0.253. The zero-order valence-electron chi connectivity index (χ0n) is 9.65. The van der Waals surface area contributed by atoms with Crippen molar-refractivity contribution in [3.8, 4) is 0 Å². The van der Waals surface area contributed by atoms with Gasteiger partial charge in [0.2, 0.25) is 0 Å². The largest absolute Gasteiger partial charge is 0.395 e. The van der Waals surface area contributed by atoms with E-state index in [-0.39, 0.29) is 12.6 Å². The third kappa shape index (κ3) is 3.81. The molecule has 2 N–H and O–H groups in total. The summed E-state index contributed by atoms with van der Waals surface area (Å²) in [7, 11) is 0. The maximum atomic E-state index is 9.26. The Morgan fingerprint density at radius 1 is 1.50 bits per heavy atom. The standard InChI is InChI=1S/C13H19NOS/c1-10-3-2-4-13(7-10)16-9-12(8-15)14-11-5-6-11/h2-4,7,11-12,14-15H,5-6,8-9H2,1H3. The van der Waals surface area contributed by atoms with Crippen molar-refractivity contribution in [1.29, 1.82) is 0 Å². The van der Waals surface area contributed by atoms with Crippen molar-refractivity contribution < 1.29 is 5.11 Å². The zero-order valence-corrected chi connectivity index (χ0v) is 10.5. The summed E-state index contributed by atoms with van der Waals surface area (Å²) in [6.07, 6.45) is 2.54. The molecule has 0 amide bonds. The molecule has 2 rings (SSSR count). The molecule has 1 fully saturated rings. The van der Waals surface area contributed by atoms with Gasteiger partial charge in [0.25, 0.3) is 0 Å². The van der Waals surface area contributed by atoms with Gasteiger partial charge in [0.05, 0.1) is 6.61 Å². The molecule has 1 aliphatic rings. The molecule has 1 saturated carbocycles. The van der Waals surface area contributed by atoms with Crippen LogP contribution in [0.25, 0.3) is 0 Å². The van der Waals surface area contributed by atoms with Gasteiger partial charge in [0, 0.05) is 22.7 Å². The van der Waals surface area contributed by atoms with Crippen LogP contribution in [0.5, 0.6) is 0 Å². The molecule has 0 spiro atoms. The summed E-state index contributed by atoms with van der Waals surface area (Å²) in [5.74, 6) is 0.941. The van der Waals surface area contributed by atoms with Crippen molar-refractivity contribution in [2.45, 2.75) is 36.7 Å². The average molecular weight is 237 g/mol. The Kier molecular flexibility index (Phi) is 4.27. The van der Waals surface area contributed by atoms with Crippen molar-refractivity contribution in [1.82, 2.24) is 5.32 Å². The van der Waals surface area contributed by atoms with Crippen molar-refractivity contribution in [3.63, 3.8) is 0 Å². The van der Waals surface area contributed by atoms with E-state index in [1.807, 2.05) is 11.8 Å². The highest BCUT2D eigenvalue weighted by Crippen LogP contribution is 2.23. The maximum absolute atomic E-state index is 9.26. The van der Waals surface area contributed by atoms with Crippen molar-refractivity contribution in [3.05, 3.63) is 29.8 Å². The van der Waals surface area contributed by atoms with E-state index in [0.717, 1.165) is 5.75 Å². The Labute approximate surface area is 101 Å². The minimum Gasteiger partial charge on any atom is -0.395 e. The summed E-state index contributed by atoms with van der Waals surface area (Å²) < 4.78 is 0. The van der Waals surface area contributed by atoms with Gasteiger partial charge in [-0.3, -0.25) is 0 Å². The molecular formula is C13H19NOS. The van der Waals surface area contributed by atoms with Gasteiger partial charge in [0.15, 0.2) is 0 Å². The fourth-order valence-corrected chi connectivity index (χ4v) is 2.68. The highest BCUT2D eigenvalue weighted by molar-refractivity contribution is 7.99. The molecular weight excluding hydrogens is 218 g/mol. The van der Waals surface area contributed by atoms with E-state index in [4.69, 9.17) is 0 Å². The lowest BCUT2D eigenvalue weighted by Gasteiger charge is -2.15. The van der Waals surface area contributed by atoms with E-state index >= 15 is 0 Å². The summed E-state index contributed by atoms with van der Waals surface area (Å²) in [6, 6.07) is 9.41. The van der Waals surface area contributed by atoms with Gasteiger partial charge in [-0.2, -0.15) is 0 Å². The maximum Gasteiger partial charge on any atom is 0.0592 e. The van der Waals surface area contributed by atoms with Gasteiger partial charge < -0.3 is 10.4 Å². The Balaban J connectivity index is 1.80. The van der Waals surface area contributed by atoms with Crippen molar-refractivity contribution in [2.75, 3.05) is 12.4 Å². The second-order valence-electron chi connectivity index (χ2n) is 4.45. The predicted molar refractivity (Wildman–Crippen MR) is 68.9 cm³/mol. The molecule has 0 heterocycles. The third-order valence-corrected chi connectivity index (χ3v) is 3.87. The Bertz CT molecular complexity index is 338. The fraction of sp³-hybridized carbons (Fsp3) is 0.538. The van der Waals surface area contributed by atoms with Gasteiger partial charge in [-0.15, -0.1) is 11.8 Å². The minimum atomic E-state index is 0.231. The highest BCUT2D eigenvalue weighted by Gasteiger charge is 2.24. The van der Waals surface area contributed by atoms with Crippen LogP contribution in [0.1, 0.15) is 18.4 Å². The monoisotopic (exact) mass is 237 g/mol. The van der Waals surface area contributed by atoms with Gasteiger partial charge >= 0.3 is 0 Å². The quantitative estimate of drug-likeness (QED) is 0.744. The summed E-state index contributed by atoms with van der Waals surface area (Å²) in [6.45, 7) is 2.34. The smallest absolute Gasteiger partial charge is 0.0592 e. The van der Waals surface area contributed by atoms with Crippen LogP contribution in [-0.4, -0.2) is 29.5 Å². The van der Waals surface area contributed by atoms with Gasteiger partial charge in [0.1, 0.15) is 0 Å². The topological polar surface area (TPSA) is 32.3 Å². The molecule has 1 aromatic rings. The lowest BCUT2D eigenvalue weighted by Crippen LogP contribution is -2.36. The highest BCUT2D eigenvalue weighted by atomic mass is 32.2. The second kappa shape index (κ2) is 5.71. The number of aliphatic hydroxyl groups is 1. The first-order chi connectivity index (χ1) is 7.78. The first-order valence-corrected chi connectivity index (χ1v) is 6.83. The molecule has 1 aromatic carbocycles. The van der Waals surface area contributed by atoms with Crippen LogP contribution in [0.2, 0.25) is 0 Å². The van der Waals surface area contributed by atoms with Crippen LogP contribution >= 0.6 is 11.8 Å². The van der Waals surface area contributed by atoms with Crippen LogP contribution < -0.4 is 5.32 Å². The molecule has 0 aromatic heterocycles. The number of hydrogen-bond donors (Lipinski definition) is 2. The number of aryl methyl sites for hydroxylation is 1. The second-order valence-corrected chi connectivity index (χ2v) is 5.54. The first-order valence-electron chi connectivity index (χ1n) is 5.84. The van der Waals surface area contributed by atoms with E-state index in [0.29, 0.717) is 6.04 Å². The lowest BCUT2D eigenvalue weighted by atomic mass is 10.2. The molecule has 0 aliphatic heterocycles. The number of aliphatic hydroxyl groups excluding tert-OH is 1. The molecule has 0 radical (unpaired) electrons. The summed E-state index contributed by atoms with van der Waals surface area (Å²) >= 11 is 1.81. The fourth-order valence-electron chi connectivity index (χ4n) is 1.64. The normalized spacial score (nSPS) is 17.4. The van der Waals surface area contributed by atoms with Crippen LogP contribution in [0.3, 0.4) is 0 Å². The minimum absolute atomic E-state index is 0.231. The average Bonchev–Trinajstić information content (AvgIpc) is 3.08. The number of benzene rings is 1. The molecule has 0 saturated heterocycles. The number of thioether (sulfide) groups is 1. The van der Waals surface area contributed by atoms with Gasteiger partial charge in [-0.1, -0.05) is 17.7 Å². The molecule has 0 bridgehead atoms. The van der Waals surface area contributed by atoms with Gasteiger partial charge in [-0.05, 0) is 31.9 Å². The summed E-state index contributed by atoms with van der Waals surface area (Å²) in [5, 5.41) is 12.7. The Hall–Kier alpha value is -0.510. The number of hydrogen-bond acceptors (Lipinski definition) is 3. The van der Waals surface area contributed by atoms with E-state index in [9.17, 15) is 5.11 Å². The Morgan fingerprint density at radius 3 is 2.94 bits per heavy atom. The van der Waals surface area contributed by atoms with Crippen LogP contribution in [0.15, 0.2) is 29.2 Å². The first kappa shape index (κ1) is 12.0. The zero-order chi connectivity index (χ0) is 11.4. The SMILES string of the molecule is Cc1cccc(SCC(CO)NC2CC2)c1. The van der Waals surface area contributed by atoms with Crippen LogP contribution in [-0.2, 0) is 0 Å². The molecule has 1 atom stereocenters. The van der Waals surface area contributed by atoms with E-state index in [1.165, 1.54) is 23.3 Å². The molecule has 16 heavy (non-hydrogen) atoms. The van der Waals surface area contributed by atoms with E-state index in [1.54, 1.807) is 0 Å². The molecule has 3 heteroatoms. The van der Waals surface area contributed by atoms with Gasteiger partial charge in [-0.25, -0.2) is 0 Å². The van der Waals surface area contributed by atoms with Crippen molar-refractivity contribution in [2.24, 2.45) is 0 Å².